The second-order valence-electron chi connectivity index (χ2n) is 4.88. The van der Waals surface area contributed by atoms with Gasteiger partial charge in [-0.3, -0.25) is 4.79 Å². The van der Waals surface area contributed by atoms with Crippen molar-refractivity contribution in [3.05, 3.63) is 65.2 Å². The van der Waals surface area contributed by atoms with Crippen LogP contribution in [-0.4, -0.2) is 20.0 Å². The van der Waals surface area contributed by atoms with E-state index in [9.17, 15) is 18.0 Å². The molecule has 0 aliphatic rings. The first-order valence-electron chi connectivity index (χ1n) is 6.97. The zero-order chi connectivity index (χ0) is 17.7. The van der Waals surface area contributed by atoms with Crippen LogP contribution in [0.2, 0.25) is 0 Å². The molecule has 0 saturated heterocycles. The number of methoxy groups -OCH3 is 2. The Kier molecular flexibility index (Phi) is 5.28. The highest BCUT2D eigenvalue weighted by Crippen LogP contribution is 2.29. The molecule has 0 atom stereocenters. The second kappa shape index (κ2) is 7.21. The van der Waals surface area contributed by atoms with E-state index in [-0.39, 0.29) is 5.56 Å². The number of hydrogen-bond acceptors (Lipinski definition) is 3. The molecule has 0 amide bonds. The number of carbonyl (C=O) groups is 1. The van der Waals surface area contributed by atoms with Crippen molar-refractivity contribution in [2.75, 3.05) is 14.2 Å². The van der Waals surface area contributed by atoms with Gasteiger partial charge in [-0.05, 0) is 36.4 Å². The van der Waals surface area contributed by atoms with Gasteiger partial charge >= 0.3 is 6.18 Å². The Labute approximate surface area is 137 Å². The minimum Gasteiger partial charge on any atom is -0.497 e. The molecule has 0 unspecified atom stereocenters. The average molecular weight is 336 g/mol. The van der Waals surface area contributed by atoms with E-state index >= 15 is 0 Å². The first-order chi connectivity index (χ1) is 11.3. The summed E-state index contributed by atoms with van der Waals surface area (Å²) in [5, 5.41) is 0. The van der Waals surface area contributed by atoms with Gasteiger partial charge in [0.05, 0.1) is 19.8 Å². The predicted octanol–water partition coefficient (Wildman–Crippen LogP) is 4.62. The highest BCUT2D eigenvalue weighted by atomic mass is 19.4. The van der Waals surface area contributed by atoms with Gasteiger partial charge in [0.25, 0.3) is 0 Å². The largest absolute Gasteiger partial charge is 0.497 e. The summed E-state index contributed by atoms with van der Waals surface area (Å²) >= 11 is 0. The lowest BCUT2D eigenvalue weighted by Crippen LogP contribution is -2.05. The Hall–Kier alpha value is -2.76. The predicted molar refractivity (Wildman–Crippen MR) is 84.4 cm³/mol. The number of rotatable bonds is 5. The van der Waals surface area contributed by atoms with Crippen molar-refractivity contribution in [3.63, 3.8) is 0 Å². The normalized spacial score (nSPS) is 11.5. The molecular weight excluding hydrogens is 321 g/mol. The highest BCUT2D eigenvalue weighted by Gasteiger charge is 2.30. The fraction of sp³-hybridized carbons (Fsp3) is 0.167. The van der Waals surface area contributed by atoms with Gasteiger partial charge in [-0.2, -0.15) is 13.2 Å². The van der Waals surface area contributed by atoms with Gasteiger partial charge < -0.3 is 9.47 Å². The fourth-order valence-corrected chi connectivity index (χ4v) is 2.04. The molecule has 3 nitrogen and oxygen atoms in total. The summed E-state index contributed by atoms with van der Waals surface area (Å²) in [4.78, 5) is 12.1. The lowest BCUT2D eigenvalue weighted by molar-refractivity contribution is -0.137. The summed E-state index contributed by atoms with van der Waals surface area (Å²) in [5.41, 5.74) is 0.0325. The number of halogens is 3. The first-order valence-corrected chi connectivity index (χ1v) is 6.97. The molecule has 2 aromatic carbocycles. The molecule has 0 aromatic heterocycles. The van der Waals surface area contributed by atoms with Crippen LogP contribution in [0.1, 0.15) is 21.5 Å². The Bertz CT molecular complexity index is 747. The second-order valence-corrected chi connectivity index (χ2v) is 4.88. The van der Waals surface area contributed by atoms with Crippen LogP contribution in [0.25, 0.3) is 6.08 Å². The fourth-order valence-electron chi connectivity index (χ4n) is 2.04. The van der Waals surface area contributed by atoms with E-state index in [1.54, 1.807) is 18.2 Å². The van der Waals surface area contributed by atoms with Crippen LogP contribution in [0, 0.1) is 0 Å². The van der Waals surface area contributed by atoms with Gasteiger partial charge in [-0.1, -0.05) is 12.1 Å². The minimum atomic E-state index is -4.42. The number of alkyl halides is 3. The minimum absolute atomic E-state index is 0.173. The molecule has 0 radical (unpaired) electrons. The molecule has 0 saturated carbocycles. The number of ether oxygens (including phenoxy) is 2. The highest BCUT2D eigenvalue weighted by molar-refractivity contribution is 6.07. The van der Waals surface area contributed by atoms with Gasteiger partial charge in [0.2, 0.25) is 0 Å². The Morgan fingerprint density at radius 1 is 1.00 bits per heavy atom. The molecule has 24 heavy (non-hydrogen) atoms. The standard InChI is InChI=1S/C18H15F3O3/c1-23-15-9-5-13(17(11-15)24-2)6-10-16(22)12-3-7-14(8-4-12)18(19,20)21/h3-11H,1-2H3/b10-6+. The van der Waals surface area contributed by atoms with Crippen molar-refractivity contribution in [1.29, 1.82) is 0 Å². The number of ketones is 1. The van der Waals surface area contributed by atoms with Crippen molar-refractivity contribution in [1.82, 2.24) is 0 Å². The maximum Gasteiger partial charge on any atom is 0.416 e. The van der Waals surface area contributed by atoms with Crippen LogP contribution in [0.15, 0.2) is 48.5 Å². The summed E-state index contributed by atoms with van der Waals surface area (Å²) in [7, 11) is 3.02. The van der Waals surface area contributed by atoms with Crippen molar-refractivity contribution >= 4 is 11.9 Å². The van der Waals surface area contributed by atoms with Gasteiger partial charge in [0.15, 0.2) is 5.78 Å². The van der Waals surface area contributed by atoms with E-state index in [2.05, 4.69) is 0 Å². The molecule has 2 rings (SSSR count). The van der Waals surface area contributed by atoms with E-state index in [1.807, 2.05) is 0 Å². The molecule has 0 bridgehead atoms. The Morgan fingerprint density at radius 2 is 1.67 bits per heavy atom. The van der Waals surface area contributed by atoms with Crippen LogP contribution in [0.3, 0.4) is 0 Å². The SMILES string of the molecule is COc1ccc(/C=C/C(=O)c2ccc(C(F)(F)F)cc2)c(OC)c1. The zero-order valence-electron chi connectivity index (χ0n) is 13.1. The number of benzene rings is 2. The molecule has 0 fully saturated rings. The smallest absolute Gasteiger partial charge is 0.416 e. The molecule has 0 spiro atoms. The zero-order valence-corrected chi connectivity index (χ0v) is 13.1. The summed E-state index contributed by atoms with van der Waals surface area (Å²) in [6, 6.07) is 9.17. The van der Waals surface area contributed by atoms with Crippen molar-refractivity contribution < 1.29 is 27.4 Å². The van der Waals surface area contributed by atoms with Gasteiger partial charge in [-0.15, -0.1) is 0 Å². The van der Waals surface area contributed by atoms with Gasteiger partial charge in [0, 0.05) is 17.2 Å². The monoisotopic (exact) mass is 336 g/mol. The lowest BCUT2D eigenvalue weighted by Gasteiger charge is -2.07. The van der Waals surface area contributed by atoms with E-state index in [0.717, 1.165) is 24.3 Å². The Balaban J connectivity index is 2.19. The lowest BCUT2D eigenvalue weighted by atomic mass is 10.1. The molecule has 0 heterocycles. The average Bonchev–Trinajstić information content (AvgIpc) is 2.58. The molecule has 126 valence electrons. The number of allylic oxidation sites excluding steroid dienone is 1. The maximum atomic E-state index is 12.5. The molecular formula is C18H15F3O3. The van der Waals surface area contributed by atoms with Gasteiger partial charge in [-0.25, -0.2) is 0 Å². The summed E-state index contributed by atoms with van der Waals surface area (Å²) in [6.07, 6.45) is -1.60. The summed E-state index contributed by atoms with van der Waals surface area (Å²) < 4.78 is 47.8. The van der Waals surface area contributed by atoms with Crippen LogP contribution < -0.4 is 9.47 Å². The number of carbonyl (C=O) groups excluding carboxylic acids is 1. The summed E-state index contributed by atoms with van der Waals surface area (Å²) in [6.45, 7) is 0. The summed E-state index contributed by atoms with van der Waals surface area (Å²) in [5.74, 6) is 0.727. The van der Waals surface area contributed by atoms with Crippen LogP contribution in [0.4, 0.5) is 13.2 Å². The quantitative estimate of drug-likeness (QED) is 0.590. The van der Waals surface area contributed by atoms with Gasteiger partial charge in [0.1, 0.15) is 11.5 Å². The molecule has 2 aromatic rings. The third-order valence-electron chi connectivity index (χ3n) is 3.35. The maximum absolute atomic E-state index is 12.5. The third-order valence-corrected chi connectivity index (χ3v) is 3.35. The van der Waals surface area contributed by atoms with Crippen LogP contribution >= 0.6 is 0 Å². The molecule has 0 aliphatic carbocycles. The van der Waals surface area contributed by atoms with E-state index in [1.165, 1.54) is 26.4 Å². The van der Waals surface area contributed by atoms with E-state index < -0.39 is 17.5 Å². The topological polar surface area (TPSA) is 35.5 Å². The van der Waals surface area contributed by atoms with Crippen LogP contribution in [0.5, 0.6) is 11.5 Å². The number of hydrogen-bond donors (Lipinski definition) is 0. The molecule has 0 N–H and O–H groups in total. The third kappa shape index (κ3) is 4.16. The molecule has 6 heteroatoms. The Morgan fingerprint density at radius 3 is 2.21 bits per heavy atom. The first kappa shape index (κ1) is 17.6. The van der Waals surface area contributed by atoms with E-state index in [4.69, 9.17) is 9.47 Å². The van der Waals surface area contributed by atoms with Crippen molar-refractivity contribution in [2.45, 2.75) is 6.18 Å². The van der Waals surface area contributed by atoms with Crippen molar-refractivity contribution in [3.8, 4) is 11.5 Å². The molecule has 0 aliphatic heterocycles. The van der Waals surface area contributed by atoms with Crippen molar-refractivity contribution in [2.24, 2.45) is 0 Å². The van der Waals surface area contributed by atoms with Crippen LogP contribution in [-0.2, 0) is 6.18 Å². The van der Waals surface area contributed by atoms with E-state index in [0.29, 0.717) is 17.1 Å².